The van der Waals surface area contributed by atoms with E-state index in [1.807, 2.05) is 25.1 Å². The van der Waals surface area contributed by atoms with Crippen molar-refractivity contribution in [3.8, 4) is 0 Å². The average molecular weight is 483 g/mol. The molecule has 10 heteroatoms. The Kier molecular flexibility index (Phi) is 6.81. The second-order valence-electron chi connectivity index (χ2n) is 9.00. The number of para-hydroxylation sites is 1. The lowest BCUT2D eigenvalue weighted by molar-refractivity contribution is -0.140. The molecule has 2 aliphatic rings. The molecule has 184 valence electrons. The van der Waals surface area contributed by atoms with Crippen LogP contribution in [0.2, 0.25) is 0 Å². The fourth-order valence-electron chi connectivity index (χ4n) is 4.69. The van der Waals surface area contributed by atoms with Gasteiger partial charge < -0.3 is 15.7 Å². The lowest BCUT2D eigenvalue weighted by Gasteiger charge is -2.29. The highest BCUT2D eigenvalue weighted by molar-refractivity contribution is 6.07. The molecule has 0 saturated heterocycles. The van der Waals surface area contributed by atoms with Crippen molar-refractivity contribution in [3.63, 3.8) is 0 Å². The molecule has 4 atom stereocenters. The molecule has 1 aromatic heterocycles. The first-order valence-electron chi connectivity index (χ1n) is 11.6. The zero-order chi connectivity index (χ0) is 25.3. The Morgan fingerprint density at radius 1 is 1.26 bits per heavy atom. The van der Waals surface area contributed by atoms with Crippen LogP contribution < -0.4 is 15.5 Å². The molecule has 35 heavy (non-hydrogen) atoms. The minimum Gasteiger partial charge on any atom is -0.480 e. The topological polar surface area (TPSA) is 129 Å². The second kappa shape index (κ2) is 9.81. The van der Waals surface area contributed by atoms with Crippen LogP contribution in [0.25, 0.3) is 0 Å². The van der Waals surface area contributed by atoms with Gasteiger partial charge in [-0.3, -0.25) is 19.3 Å². The molecule has 0 unspecified atom stereocenters. The molecule has 3 amide bonds. The standard InChI is InChI=1S/C25H27FN4O5/c1-3-13(2)20(29-22(31)16-9-10-27-19(26)12-16)23(32)28-17-8-7-14-5-4-6-15-11-18(25(34)35)30(21(14)15)24(17)33/h4-6,9-10,12-13,17-18,20H,3,7-8,11H2,1-2H3,(H,28,32)(H,29,31)(H,34,35)/t13-,17-,18-,20-/m0/s1. The van der Waals surface area contributed by atoms with Gasteiger partial charge in [-0.25, -0.2) is 9.78 Å². The molecule has 0 fully saturated rings. The summed E-state index contributed by atoms with van der Waals surface area (Å²) in [7, 11) is 0. The van der Waals surface area contributed by atoms with E-state index in [1.165, 1.54) is 11.0 Å². The molecule has 0 aliphatic carbocycles. The monoisotopic (exact) mass is 482 g/mol. The van der Waals surface area contributed by atoms with Gasteiger partial charge in [0.15, 0.2) is 0 Å². The van der Waals surface area contributed by atoms with E-state index >= 15 is 0 Å². The number of carboxylic acid groups (broad SMARTS) is 1. The number of hydrogen-bond donors (Lipinski definition) is 3. The van der Waals surface area contributed by atoms with Crippen LogP contribution in [0.3, 0.4) is 0 Å². The average Bonchev–Trinajstić information content (AvgIpc) is 3.18. The lowest BCUT2D eigenvalue weighted by atomic mass is 9.96. The van der Waals surface area contributed by atoms with Gasteiger partial charge >= 0.3 is 5.97 Å². The number of aryl methyl sites for hydroxylation is 1. The highest BCUT2D eigenvalue weighted by Crippen LogP contribution is 2.39. The summed E-state index contributed by atoms with van der Waals surface area (Å²) in [5, 5.41) is 15.1. The molecular weight excluding hydrogens is 455 g/mol. The molecule has 3 heterocycles. The number of nitrogens with zero attached hydrogens (tertiary/aromatic N) is 2. The number of carbonyl (C=O) groups excluding carboxylic acids is 3. The van der Waals surface area contributed by atoms with Crippen molar-refractivity contribution in [1.82, 2.24) is 15.6 Å². The summed E-state index contributed by atoms with van der Waals surface area (Å²) >= 11 is 0. The molecular formula is C25H27FN4O5. The Labute approximate surface area is 201 Å². The first-order valence-corrected chi connectivity index (χ1v) is 11.6. The summed E-state index contributed by atoms with van der Waals surface area (Å²) in [6.45, 7) is 3.65. The van der Waals surface area contributed by atoms with E-state index in [9.17, 15) is 28.7 Å². The molecule has 9 nitrogen and oxygen atoms in total. The van der Waals surface area contributed by atoms with Crippen LogP contribution >= 0.6 is 0 Å². The van der Waals surface area contributed by atoms with Gasteiger partial charge in [0.1, 0.15) is 18.1 Å². The molecule has 0 spiro atoms. The van der Waals surface area contributed by atoms with Gasteiger partial charge in [-0.05, 0) is 36.0 Å². The van der Waals surface area contributed by atoms with Crippen LogP contribution in [0.4, 0.5) is 10.1 Å². The van der Waals surface area contributed by atoms with Crippen molar-refractivity contribution >= 4 is 29.4 Å². The van der Waals surface area contributed by atoms with E-state index in [0.29, 0.717) is 24.9 Å². The molecule has 0 bridgehead atoms. The first kappa shape index (κ1) is 24.3. The van der Waals surface area contributed by atoms with Crippen molar-refractivity contribution in [1.29, 1.82) is 0 Å². The van der Waals surface area contributed by atoms with Crippen LogP contribution in [0, 0.1) is 11.9 Å². The van der Waals surface area contributed by atoms with Gasteiger partial charge in [-0.15, -0.1) is 0 Å². The number of aromatic nitrogens is 1. The van der Waals surface area contributed by atoms with Gasteiger partial charge in [0.2, 0.25) is 17.8 Å². The van der Waals surface area contributed by atoms with E-state index in [2.05, 4.69) is 15.6 Å². The highest BCUT2D eigenvalue weighted by Gasteiger charge is 2.44. The predicted octanol–water partition coefficient (Wildman–Crippen LogP) is 1.84. The van der Waals surface area contributed by atoms with Crippen LogP contribution in [0.1, 0.15) is 48.2 Å². The summed E-state index contributed by atoms with van der Waals surface area (Å²) in [6, 6.07) is 4.87. The Bertz CT molecular complexity index is 1190. The third-order valence-corrected chi connectivity index (χ3v) is 6.78. The summed E-state index contributed by atoms with van der Waals surface area (Å²) < 4.78 is 13.5. The predicted molar refractivity (Wildman–Crippen MR) is 124 cm³/mol. The molecule has 0 saturated carbocycles. The van der Waals surface area contributed by atoms with Crippen molar-refractivity contribution in [2.75, 3.05) is 4.90 Å². The van der Waals surface area contributed by atoms with E-state index in [1.54, 1.807) is 6.92 Å². The van der Waals surface area contributed by atoms with Gasteiger partial charge in [0.25, 0.3) is 5.91 Å². The van der Waals surface area contributed by atoms with E-state index < -0.39 is 47.8 Å². The molecule has 2 aromatic rings. The number of nitrogens with one attached hydrogen (secondary N) is 2. The van der Waals surface area contributed by atoms with Gasteiger partial charge in [0.05, 0.1) is 5.69 Å². The third kappa shape index (κ3) is 4.73. The molecule has 1 aromatic carbocycles. The number of pyridine rings is 1. The number of carbonyl (C=O) groups is 4. The molecule has 4 rings (SSSR count). The highest BCUT2D eigenvalue weighted by atomic mass is 19.1. The molecule has 2 aliphatic heterocycles. The van der Waals surface area contributed by atoms with Gasteiger partial charge in [-0.2, -0.15) is 4.39 Å². The minimum absolute atomic E-state index is 0.0218. The number of rotatable bonds is 7. The molecule has 0 radical (unpaired) electrons. The summed E-state index contributed by atoms with van der Waals surface area (Å²) in [6.07, 6.45) is 2.70. The number of benzene rings is 1. The van der Waals surface area contributed by atoms with Gasteiger partial charge in [0, 0.05) is 24.2 Å². The maximum Gasteiger partial charge on any atom is 0.327 e. The van der Waals surface area contributed by atoms with Gasteiger partial charge in [-0.1, -0.05) is 38.5 Å². The van der Waals surface area contributed by atoms with E-state index in [-0.39, 0.29) is 17.9 Å². The van der Waals surface area contributed by atoms with Crippen molar-refractivity contribution in [2.24, 2.45) is 5.92 Å². The fraction of sp³-hybridized carbons (Fsp3) is 0.400. The number of amides is 3. The smallest absolute Gasteiger partial charge is 0.327 e. The Morgan fingerprint density at radius 3 is 2.69 bits per heavy atom. The van der Waals surface area contributed by atoms with Crippen LogP contribution in [-0.2, 0) is 27.2 Å². The third-order valence-electron chi connectivity index (χ3n) is 6.78. The van der Waals surface area contributed by atoms with Crippen molar-refractivity contribution in [3.05, 3.63) is 59.2 Å². The number of halogens is 1. The first-order chi connectivity index (χ1) is 16.7. The maximum atomic E-state index is 13.5. The molecule has 3 N–H and O–H groups in total. The number of hydrogen-bond acceptors (Lipinski definition) is 5. The quantitative estimate of drug-likeness (QED) is 0.517. The fourth-order valence-corrected chi connectivity index (χ4v) is 4.69. The normalized spacial score (nSPS) is 20.4. The SMILES string of the molecule is CC[C@H](C)[C@H](NC(=O)c1ccnc(F)c1)C(=O)N[C@H]1CCc2cccc3c2N(C1=O)[C@H](C(=O)O)C3. The minimum atomic E-state index is -1.11. The summed E-state index contributed by atoms with van der Waals surface area (Å²) in [4.78, 5) is 56.1. The Balaban J connectivity index is 1.56. The van der Waals surface area contributed by atoms with E-state index in [0.717, 1.165) is 23.4 Å². The van der Waals surface area contributed by atoms with Crippen LogP contribution in [0.15, 0.2) is 36.5 Å². The zero-order valence-corrected chi connectivity index (χ0v) is 19.5. The summed E-state index contributed by atoms with van der Waals surface area (Å²) in [5.74, 6) is -3.89. The second-order valence-corrected chi connectivity index (χ2v) is 9.00. The van der Waals surface area contributed by atoms with Crippen LogP contribution in [0.5, 0.6) is 0 Å². The van der Waals surface area contributed by atoms with Crippen LogP contribution in [-0.4, -0.2) is 51.9 Å². The summed E-state index contributed by atoms with van der Waals surface area (Å²) in [5.41, 5.74) is 2.30. The number of anilines is 1. The zero-order valence-electron chi connectivity index (χ0n) is 19.5. The largest absolute Gasteiger partial charge is 0.480 e. The Hall–Kier alpha value is -3.82. The number of carboxylic acids is 1. The van der Waals surface area contributed by atoms with E-state index in [4.69, 9.17) is 0 Å². The maximum absolute atomic E-state index is 13.5. The number of aliphatic carboxylic acids is 1. The lowest BCUT2D eigenvalue weighted by Crippen LogP contribution is -2.57. The van der Waals surface area contributed by atoms with Crippen molar-refractivity contribution < 1.29 is 28.7 Å². The Morgan fingerprint density at radius 2 is 2.00 bits per heavy atom. The van der Waals surface area contributed by atoms with Crippen molar-refractivity contribution in [2.45, 2.75) is 57.7 Å².